The molecule has 0 bridgehead atoms. The van der Waals surface area contributed by atoms with Crippen molar-refractivity contribution >= 4 is 34.4 Å². The third-order valence-corrected chi connectivity index (χ3v) is 7.47. The van der Waals surface area contributed by atoms with Crippen LogP contribution < -0.4 is 9.75 Å². The van der Waals surface area contributed by atoms with Gasteiger partial charge in [0.25, 0.3) is 0 Å². The Morgan fingerprint density at radius 2 is 1.37 bits per heavy atom. The number of H-pyrrole nitrogens is 2. The highest BCUT2D eigenvalue weighted by atomic mass is 32.2. The van der Waals surface area contributed by atoms with E-state index in [4.69, 9.17) is 0 Å². The Bertz CT molecular complexity index is 689. The first-order valence-corrected chi connectivity index (χ1v) is 8.79. The molecule has 0 saturated heterocycles. The summed E-state index contributed by atoms with van der Waals surface area (Å²) < 4.78 is 0. The molecular weight excluding hydrogens is 300 g/mol. The smallest absolute Gasteiger partial charge is 0.305 e. The Morgan fingerprint density at radius 3 is 1.89 bits per heavy atom. The number of hydrogen-bond acceptors (Lipinski definition) is 5. The van der Waals surface area contributed by atoms with Gasteiger partial charge in [0.05, 0.1) is 19.8 Å². The molecule has 1 saturated carbocycles. The van der Waals surface area contributed by atoms with E-state index in [0.717, 1.165) is 32.6 Å². The van der Waals surface area contributed by atoms with E-state index < -0.39 is 0 Å². The summed E-state index contributed by atoms with van der Waals surface area (Å²) >= 11 is 4.16. The molecule has 2 aliphatic rings. The van der Waals surface area contributed by atoms with E-state index in [1.165, 1.54) is 53.7 Å². The van der Waals surface area contributed by atoms with Gasteiger partial charge in [0, 0.05) is 5.41 Å². The van der Waals surface area contributed by atoms with E-state index in [1.54, 1.807) is 0 Å². The second kappa shape index (κ2) is 4.10. The van der Waals surface area contributed by atoms with Gasteiger partial charge in [-0.3, -0.25) is 9.59 Å². The summed E-state index contributed by atoms with van der Waals surface area (Å²) in [6, 6.07) is 0. The summed E-state index contributed by atoms with van der Waals surface area (Å²) in [5, 5.41) is 1.89. The Morgan fingerprint density at radius 1 is 0.842 bits per heavy atom. The van der Waals surface area contributed by atoms with E-state index in [1.807, 2.05) is 0 Å². The average molecular weight is 312 g/mol. The summed E-state index contributed by atoms with van der Waals surface area (Å²) in [4.78, 5) is 31.6. The van der Waals surface area contributed by atoms with E-state index in [2.05, 4.69) is 9.97 Å². The zero-order chi connectivity index (χ0) is 13.0. The molecule has 19 heavy (non-hydrogen) atoms. The third-order valence-electron chi connectivity index (χ3n) is 4.01. The highest BCUT2D eigenvalue weighted by Gasteiger charge is 2.45. The first kappa shape index (κ1) is 12.0. The van der Waals surface area contributed by atoms with Crippen molar-refractivity contribution in [1.29, 1.82) is 0 Å². The van der Waals surface area contributed by atoms with Crippen molar-refractivity contribution in [3.05, 3.63) is 29.1 Å². The molecule has 1 spiro atoms. The second-order valence-corrected chi connectivity index (χ2v) is 8.08. The number of hydrogen-bond donors (Lipinski definition) is 2. The molecule has 1 aliphatic carbocycles. The van der Waals surface area contributed by atoms with E-state index in [-0.39, 0.29) is 15.2 Å². The largest absolute Gasteiger partial charge is 0.307 e. The zero-order valence-electron chi connectivity index (χ0n) is 10.1. The Balaban J connectivity index is 2.01. The van der Waals surface area contributed by atoms with Crippen molar-refractivity contribution in [2.75, 3.05) is 0 Å². The van der Waals surface area contributed by atoms with Crippen LogP contribution in [-0.4, -0.2) is 9.97 Å². The highest BCUT2D eigenvalue weighted by molar-refractivity contribution is 7.99. The lowest BCUT2D eigenvalue weighted by molar-refractivity contribution is 0.345. The van der Waals surface area contributed by atoms with Gasteiger partial charge in [-0.1, -0.05) is 53.7 Å². The Labute approximate surface area is 121 Å². The molecule has 1 aliphatic heterocycles. The van der Waals surface area contributed by atoms with Crippen molar-refractivity contribution in [3.63, 3.8) is 0 Å². The molecule has 3 heterocycles. The molecule has 0 unspecified atom stereocenters. The van der Waals surface area contributed by atoms with Gasteiger partial charge >= 0.3 is 9.75 Å². The molecule has 2 aromatic heterocycles. The lowest BCUT2D eigenvalue weighted by atomic mass is 9.72. The monoisotopic (exact) mass is 312 g/mol. The third kappa shape index (κ3) is 1.64. The number of aromatic amines is 2. The fourth-order valence-corrected chi connectivity index (χ4v) is 6.95. The quantitative estimate of drug-likeness (QED) is 0.786. The van der Waals surface area contributed by atoms with E-state index in [0.29, 0.717) is 0 Å². The van der Waals surface area contributed by atoms with Crippen LogP contribution in [0.3, 0.4) is 0 Å². The number of aromatic nitrogens is 2. The van der Waals surface area contributed by atoms with Crippen LogP contribution >= 0.6 is 34.4 Å². The fourth-order valence-electron chi connectivity index (χ4n) is 3.22. The summed E-state index contributed by atoms with van der Waals surface area (Å²) in [6.07, 6.45) is 5.69. The lowest BCUT2D eigenvalue weighted by Crippen LogP contribution is -2.31. The molecule has 0 amide bonds. The minimum absolute atomic E-state index is 0.0138. The van der Waals surface area contributed by atoms with Crippen molar-refractivity contribution in [1.82, 2.24) is 9.97 Å². The summed E-state index contributed by atoms with van der Waals surface area (Å²) in [6.45, 7) is 0. The van der Waals surface area contributed by atoms with Gasteiger partial charge in [-0.15, -0.1) is 0 Å². The number of rotatable bonds is 0. The SMILES string of the molecule is O=c1[nH]c2c(s1)C1(CCCCC1)c1sc(=O)[nH]c1S2. The maximum absolute atomic E-state index is 11.7. The van der Waals surface area contributed by atoms with Gasteiger partial charge in [0.15, 0.2) is 0 Å². The number of nitrogens with one attached hydrogen (secondary N) is 2. The maximum atomic E-state index is 11.7. The molecule has 1 fully saturated rings. The fraction of sp³-hybridized carbons (Fsp3) is 0.500. The normalized spacial score (nSPS) is 20.2. The highest BCUT2D eigenvalue weighted by Crippen LogP contribution is 2.55. The van der Waals surface area contributed by atoms with Crippen molar-refractivity contribution < 1.29 is 0 Å². The molecular formula is C12H12N2O2S3. The van der Waals surface area contributed by atoms with Crippen LogP contribution in [0.5, 0.6) is 0 Å². The van der Waals surface area contributed by atoms with E-state index in [9.17, 15) is 9.59 Å². The molecule has 2 N–H and O–H groups in total. The molecule has 7 heteroatoms. The predicted molar refractivity (Wildman–Crippen MR) is 77.9 cm³/mol. The number of fused-ring (bicyclic) bond motifs is 4. The van der Waals surface area contributed by atoms with Gasteiger partial charge < -0.3 is 9.97 Å². The molecule has 100 valence electrons. The first-order chi connectivity index (χ1) is 9.19. The van der Waals surface area contributed by atoms with Crippen LogP contribution in [0.4, 0.5) is 0 Å². The topological polar surface area (TPSA) is 65.7 Å². The van der Waals surface area contributed by atoms with Crippen LogP contribution in [0.2, 0.25) is 0 Å². The van der Waals surface area contributed by atoms with Crippen molar-refractivity contribution in [2.24, 2.45) is 0 Å². The molecule has 4 nitrogen and oxygen atoms in total. The Hall–Kier alpha value is -0.790. The average Bonchev–Trinajstić information content (AvgIpc) is 2.94. The van der Waals surface area contributed by atoms with Gasteiger partial charge in [-0.2, -0.15) is 0 Å². The van der Waals surface area contributed by atoms with Gasteiger partial charge in [-0.25, -0.2) is 0 Å². The molecule has 0 atom stereocenters. The van der Waals surface area contributed by atoms with Crippen LogP contribution in [0, 0.1) is 0 Å². The van der Waals surface area contributed by atoms with Gasteiger partial charge in [0.2, 0.25) is 0 Å². The van der Waals surface area contributed by atoms with Gasteiger partial charge in [0.1, 0.15) is 0 Å². The van der Waals surface area contributed by atoms with Crippen LogP contribution in [-0.2, 0) is 5.41 Å². The standard InChI is InChI=1S/C12H12N2O2S3/c15-10-13-8-6(17-10)12(4-2-1-3-5-12)7-9(19-8)14-11(16)18-7/h1-5H2,(H,13,15)(H,14,16). The lowest BCUT2D eigenvalue weighted by Gasteiger charge is -2.38. The minimum atomic E-state index is -0.0815. The maximum Gasteiger partial charge on any atom is 0.305 e. The van der Waals surface area contributed by atoms with Crippen LogP contribution in [0.15, 0.2) is 19.6 Å². The van der Waals surface area contributed by atoms with Crippen LogP contribution in [0.25, 0.3) is 0 Å². The minimum Gasteiger partial charge on any atom is -0.307 e. The van der Waals surface area contributed by atoms with Crippen molar-refractivity contribution in [3.8, 4) is 0 Å². The number of thiazole rings is 2. The summed E-state index contributed by atoms with van der Waals surface area (Å²) in [5.74, 6) is 0. The van der Waals surface area contributed by atoms with Gasteiger partial charge in [-0.05, 0) is 12.8 Å². The Kier molecular flexibility index (Phi) is 2.59. The zero-order valence-corrected chi connectivity index (χ0v) is 12.5. The van der Waals surface area contributed by atoms with Crippen LogP contribution in [0.1, 0.15) is 41.9 Å². The first-order valence-electron chi connectivity index (χ1n) is 6.34. The van der Waals surface area contributed by atoms with E-state index >= 15 is 0 Å². The predicted octanol–water partition coefficient (Wildman–Crippen LogP) is 2.90. The summed E-state index contributed by atoms with van der Waals surface area (Å²) in [5.41, 5.74) is -0.0815. The molecule has 0 aromatic carbocycles. The molecule has 4 rings (SSSR count). The van der Waals surface area contributed by atoms with Crippen molar-refractivity contribution in [2.45, 2.75) is 47.6 Å². The molecule has 2 aromatic rings. The summed E-state index contributed by atoms with van der Waals surface area (Å²) in [7, 11) is 0. The molecule has 0 radical (unpaired) electrons. The second-order valence-electron chi connectivity index (χ2n) is 5.09.